The first-order valence-electron chi connectivity index (χ1n) is 5.43. The number of hydrogen-bond donors (Lipinski definition) is 1. The van der Waals surface area contributed by atoms with Gasteiger partial charge in [-0.2, -0.15) is 22.3 Å². The Morgan fingerprint density at radius 2 is 1.72 bits per heavy atom. The highest BCUT2D eigenvalue weighted by atomic mass is 32.2. The molecule has 0 aliphatic carbocycles. The number of carboxylic acids is 1. The lowest BCUT2D eigenvalue weighted by Gasteiger charge is -2.19. The highest BCUT2D eigenvalue weighted by molar-refractivity contribution is 7.99. The molecule has 0 aromatic carbocycles. The van der Waals surface area contributed by atoms with Crippen molar-refractivity contribution >= 4 is 23.6 Å². The fraction of sp³-hybridized carbons (Fsp3) is 0.636. The zero-order valence-corrected chi connectivity index (χ0v) is 10.8. The number of rotatable bonds is 9. The smallest absolute Gasteiger partial charge is 0.304 e. The van der Waals surface area contributed by atoms with E-state index in [0.29, 0.717) is 18.8 Å². The Kier molecular flexibility index (Phi) is 9.42. The summed E-state index contributed by atoms with van der Waals surface area (Å²) < 4.78 is 0. The normalized spacial score (nSPS) is 9.22. The van der Waals surface area contributed by atoms with E-state index >= 15 is 0 Å². The minimum atomic E-state index is -0.888. The third kappa shape index (κ3) is 8.43. The average molecular weight is 269 g/mol. The molecule has 0 spiro atoms. The summed E-state index contributed by atoms with van der Waals surface area (Å²) in [5, 5.41) is 25.4. The van der Waals surface area contributed by atoms with Gasteiger partial charge in [-0.25, -0.2) is 0 Å². The minimum absolute atomic E-state index is 0.0222. The van der Waals surface area contributed by atoms with Gasteiger partial charge < -0.3 is 10.0 Å². The third-order valence-electron chi connectivity index (χ3n) is 2.03. The number of carbonyl (C=O) groups excluding carboxylic acids is 1. The summed E-state index contributed by atoms with van der Waals surface area (Å²) in [6, 6.07) is 3.90. The van der Waals surface area contributed by atoms with Crippen LogP contribution in [0.5, 0.6) is 0 Å². The molecule has 0 unspecified atom stereocenters. The van der Waals surface area contributed by atoms with Crippen molar-refractivity contribution < 1.29 is 14.7 Å². The Labute approximate surface area is 110 Å². The zero-order chi connectivity index (χ0) is 13.8. The summed E-state index contributed by atoms with van der Waals surface area (Å²) in [6.45, 7) is 0.632. The zero-order valence-electron chi connectivity index (χ0n) is 9.96. The first kappa shape index (κ1) is 16.3. The Morgan fingerprint density at radius 3 is 2.17 bits per heavy atom. The van der Waals surface area contributed by atoms with Gasteiger partial charge in [0.2, 0.25) is 5.91 Å². The molecule has 0 aliphatic heterocycles. The molecule has 0 radical (unpaired) electrons. The maximum atomic E-state index is 11.7. The van der Waals surface area contributed by atoms with Crippen molar-refractivity contribution in [1.29, 1.82) is 10.5 Å². The van der Waals surface area contributed by atoms with E-state index in [-0.39, 0.29) is 30.9 Å². The van der Waals surface area contributed by atoms with Crippen LogP contribution in [0.2, 0.25) is 0 Å². The van der Waals surface area contributed by atoms with Gasteiger partial charge in [0.05, 0.1) is 37.2 Å². The lowest BCUT2D eigenvalue weighted by atomic mass is 10.3. The first-order valence-corrected chi connectivity index (χ1v) is 6.58. The molecule has 0 aromatic rings. The molecular formula is C11H15N3O3S. The SMILES string of the molecule is N#CCCN(CCC#N)C(=O)CSCCC(=O)O. The van der Waals surface area contributed by atoms with Crippen molar-refractivity contribution in [3.63, 3.8) is 0 Å². The molecule has 1 N–H and O–H groups in total. The fourth-order valence-corrected chi connectivity index (χ4v) is 1.96. The molecule has 6 nitrogen and oxygen atoms in total. The van der Waals surface area contributed by atoms with Gasteiger partial charge in [-0.1, -0.05) is 0 Å². The molecule has 1 amide bonds. The van der Waals surface area contributed by atoms with Gasteiger partial charge in [0, 0.05) is 18.8 Å². The van der Waals surface area contributed by atoms with Crippen molar-refractivity contribution in [3.8, 4) is 12.1 Å². The second-order valence-corrected chi connectivity index (χ2v) is 4.50. The maximum Gasteiger partial charge on any atom is 0.304 e. The quantitative estimate of drug-likeness (QED) is 0.622. The number of carboxylic acid groups (broad SMARTS) is 1. The second kappa shape index (κ2) is 10.4. The van der Waals surface area contributed by atoms with E-state index < -0.39 is 5.97 Å². The van der Waals surface area contributed by atoms with Gasteiger partial charge >= 0.3 is 5.97 Å². The maximum absolute atomic E-state index is 11.7. The van der Waals surface area contributed by atoms with Crippen molar-refractivity contribution in [2.24, 2.45) is 0 Å². The molecule has 18 heavy (non-hydrogen) atoms. The molecule has 0 bridgehead atoms. The van der Waals surface area contributed by atoms with Gasteiger partial charge in [0.1, 0.15) is 0 Å². The first-order chi connectivity index (χ1) is 8.61. The molecule has 98 valence electrons. The van der Waals surface area contributed by atoms with Crippen LogP contribution in [0.4, 0.5) is 0 Å². The van der Waals surface area contributed by atoms with Crippen LogP contribution in [-0.2, 0) is 9.59 Å². The summed E-state index contributed by atoms with van der Waals surface area (Å²) >= 11 is 1.25. The summed E-state index contributed by atoms with van der Waals surface area (Å²) in [4.78, 5) is 23.5. The van der Waals surface area contributed by atoms with Crippen LogP contribution in [0.25, 0.3) is 0 Å². The van der Waals surface area contributed by atoms with Gasteiger partial charge in [0.15, 0.2) is 0 Å². The highest BCUT2D eigenvalue weighted by Crippen LogP contribution is 2.06. The molecule has 0 heterocycles. The van der Waals surface area contributed by atoms with E-state index in [1.165, 1.54) is 16.7 Å². The van der Waals surface area contributed by atoms with Gasteiger partial charge in [0.25, 0.3) is 0 Å². The molecule has 0 fully saturated rings. The fourth-order valence-electron chi connectivity index (χ4n) is 1.14. The number of thioether (sulfide) groups is 1. The largest absolute Gasteiger partial charge is 0.481 e. The van der Waals surface area contributed by atoms with Crippen molar-refractivity contribution in [3.05, 3.63) is 0 Å². The van der Waals surface area contributed by atoms with Crippen molar-refractivity contribution in [2.45, 2.75) is 19.3 Å². The number of nitrogens with zero attached hydrogens (tertiary/aromatic N) is 3. The molecule has 0 saturated carbocycles. The average Bonchev–Trinajstić information content (AvgIpc) is 2.34. The van der Waals surface area contributed by atoms with Crippen LogP contribution in [0, 0.1) is 22.7 Å². The molecule has 0 rings (SSSR count). The third-order valence-corrected chi connectivity index (χ3v) is 2.97. The van der Waals surface area contributed by atoms with Crippen LogP contribution < -0.4 is 0 Å². The van der Waals surface area contributed by atoms with E-state index in [2.05, 4.69) is 0 Å². The highest BCUT2D eigenvalue weighted by Gasteiger charge is 2.12. The van der Waals surface area contributed by atoms with E-state index in [1.807, 2.05) is 12.1 Å². The van der Waals surface area contributed by atoms with Gasteiger partial charge in [-0.3, -0.25) is 9.59 Å². The van der Waals surface area contributed by atoms with E-state index in [9.17, 15) is 9.59 Å². The summed E-state index contributed by atoms with van der Waals surface area (Å²) in [5.74, 6) is -0.480. The summed E-state index contributed by atoms with van der Waals surface area (Å²) in [6.07, 6.45) is 0.488. The number of carbonyl (C=O) groups is 2. The van der Waals surface area contributed by atoms with Crippen LogP contribution in [0.1, 0.15) is 19.3 Å². The Bertz CT molecular complexity index is 342. The van der Waals surface area contributed by atoms with Crippen LogP contribution in [0.15, 0.2) is 0 Å². The standard InChI is InChI=1S/C11H15N3O3S/c12-4-1-6-14(7-2-5-13)10(15)9-18-8-3-11(16)17/h1-3,6-9H2,(H,16,17). The van der Waals surface area contributed by atoms with E-state index in [4.69, 9.17) is 15.6 Å². The molecular weight excluding hydrogens is 254 g/mol. The molecule has 0 atom stereocenters. The van der Waals surface area contributed by atoms with Crippen LogP contribution in [0.3, 0.4) is 0 Å². The lowest BCUT2D eigenvalue weighted by Crippen LogP contribution is -2.34. The second-order valence-electron chi connectivity index (χ2n) is 3.39. The number of aliphatic carboxylic acids is 1. The molecule has 0 saturated heterocycles. The van der Waals surface area contributed by atoms with E-state index in [1.54, 1.807) is 0 Å². The minimum Gasteiger partial charge on any atom is -0.481 e. The van der Waals surface area contributed by atoms with Crippen LogP contribution in [-0.4, -0.2) is 46.5 Å². The van der Waals surface area contributed by atoms with Crippen molar-refractivity contribution in [1.82, 2.24) is 4.90 Å². The molecule has 0 aromatic heterocycles. The predicted octanol–water partition coefficient (Wildman–Crippen LogP) is 0.850. The topological polar surface area (TPSA) is 105 Å². The number of hydrogen-bond acceptors (Lipinski definition) is 5. The Balaban J connectivity index is 4.00. The van der Waals surface area contributed by atoms with Gasteiger partial charge in [-0.15, -0.1) is 0 Å². The van der Waals surface area contributed by atoms with E-state index in [0.717, 1.165) is 0 Å². The molecule has 7 heteroatoms. The molecule has 0 aliphatic rings. The van der Waals surface area contributed by atoms with Crippen LogP contribution >= 0.6 is 11.8 Å². The summed E-state index contributed by atoms with van der Waals surface area (Å²) in [7, 11) is 0. The predicted molar refractivity (Wildman–Crippen MR) is 66.6 cm³/mol. The summed E-state index contributed by atoms with van der Waals surface area (Å²) in [5.41, 5.74) is 0. The Morgan fingerprint density at radius 1 is 1.17 bits per heavy atom. The monoisotopic (exact) mass is 269 g/mol. The lowest BCUT2D eigenvalue weighted by molar-refractivity contribution is -0.136. The Hall–Kier alpha value is -1.73. The van der Waals surface area contributed by atoms with Gasteiger partial charge in [-0.05, 0) is 0 Å². The number of nitriles is 2. The number of amides is 1. The van der Waals surface area contributed by atoms with Crippen molar-refractivity contribution in [2.75, 3.05) is 24.6 Å².